The van der Waals surface area contributed by atoms with E-state index >= 15 is 0 Å². The van der Waals surface area contributed by atoms with Crippen LogP contribution >= 0.6 is 0 Å². The van der Waals surface area contributed by atoms with Crippen molar-refractivity contribution in [1.82, 2.24) is 0 Å². The maximum Gasteiger partial charge on any atom is 0.240 e. The van der Waals surface area contributed by atoms with Crippen LogP contribution in [-0.4, -0.2) is 15.0 Å². The molecular weight excluding hydrogens is 212 g/mol. The van der Waals surface area contributed by atoms with Gasteiger partial charge >= 0.3 is 0 Å². The minimum Gasteiger partial charge on any atom is -0.380 e. The molecule has 1 aromatic rings. The van der Waals surface area contributed by atoms with E-state index in [4.69, 9.17) is 5.14 Å². The molecule has 0 aliphatic carbocycles. The summed E-state index contributed by atoms with van der Waals surface area (Å²) in [7, 11) is -3.67. The van der Waals surface area contributed by atoms with E-state index in [1.807, 2.05) is 6.92 Å². The van der Waals surface area contributed by atoms with Crippen LogP contribution in [0.1, 0.15) is 6.92 Å². The number of sulfonamides is 1. The minimum atomic E-state index is -3.67. The number of para-hydroxylation sites is 1. The molecule has 0 aliphatic rings. The number of hydrogen-bond donors (Lipinski definition) is 2. The lowest BCUT2D eigenvalue weighted by molar-refractivity contribution is 0.598. The Morgan fingerprint density at radius 3 is 2.60 bits per heavy atom. The van der Waals surface area contributed by atoms with Gasteiger partial charge in [0.2, 0.25) is 10.0 Å². The van der Waals surface area contributed by atoms with Crippen molar-refractivity contribution in [2.75, 3.05) is 11.9 Å². The van der Waals surface area contributed by atoms with E-state index in [1.165, 1.54) is 6.07 Å². The Bertz CT molecular complexity index is 466. The summed E-state index contributed by atoms with van der Waals surface area (Å²) in [6.07, 6.45) is 0. The van der Waals surface area contributed by atoms with Gasteiger partial charge in [0, 0.05) is 6.54 Å². The Hall–Kier alpha value is -1.33. The quantitative estimate of drug-likeness (QED) is 0.760. The number of primary sulfonamides is 1. The molecule has 0 unspecified atom stereocenters. The molecule has 0 bridgehead atoms. The molecule has 0 radical (unpaired) electrons. The zero-order valence-corrected chi connectivity index (χ0v) is 9.34. The summed E-state index contributed by atoms with van der Waals surface area (Å²) in [6, 6.07) is 6.51. The van der Waals surface area contributed by atoms with Gasteiger partial charge < -0.3 is 5.32 Å². The van der Waals surface area contributed by atoms with Crippen LogP contribution < -0.4 is 10.5 Å². The van der Waals surface area contributed by atoms with Gasteiger partial charge in [-0.15, -0.1) is 0 Å². The summed E-state index contributed by atoms with van der Waals surface area (Å²) in [5.41, 5.74) is 1.42. The molecule has 1 rings (SSSR count). The van der Waals surface area contributed by atoms with Crippen LogP contribution in [0.4, 0.5) is 5.69 Å². The normalized spacial score (nSPS) is 11.1. The zero-order valence-electron chi connectivity index (χ0n) is 8.53. The van der Waals surface area contributed by atoms with Crippen LogP contribution in [0.15, 0.2) is 41.3 Å². The predicted molar refractivity (Wildman–Crippen MR) is 61.1 cm³/mol. The third-order valence-corrected chi connectivity index (χ3v) is 2.74. The Morgan fingerprint density at radius 2 is 2.07 bits per heavy atom. The van der Waals surface area contributed by atoms with Crippen molar-refractivity contribution in [2.45, 2.75) is 11.8 Å². The van der Waals surface area contributed by atoms with E-state index in [0.717, 1.165) is 5.57 Å². The van der Waals surface area contributed by atoms with Crippen LogP contribution in [0.5, 0.6) is 0 Å². The second-order valence-corrected chi connectivity index (χ2v) is 4.88. The molecule has 0 aromatic heterocycles. The molecule has 0 saturated heterocycles. The van der Waals surface area contributed by atoms with Crippen LogP contribution in [0.25, 0.3) is 0 Å². The maximum absolute atomic E-state index is 11.2. The fourth-order valence-electron chi connectivity index (χ4n) is 1.11. The van der Waals surface area contributed by atoms with Crippen LogP contribution in [0.2, 0.25) is 0 Å². The molecule has 4 nitrogen and oxygen atoms in total. The zero-order chi connectivity index (χ0) is 11.5. The van der Waals surface area contributed by atoms with Gasteiger partial charge in [-0.3, -0.25) is 0 Å². The SMILES string of the molecule is C=C(C)CNc1ccccc1S(N)(=O)=O. The molecular formula is C10H14N2O2S. The Labute approximate surface area is 89.9 Å². The predicted octanol–water partition coefficient (Wildman–Crippen LogP) is 1.32. The van der Waals surface area contributed by atoms with Crippen LogP contribution in [-0.2, 0) is 10.0 Å². The first-order valence-corrected chi connectivity index (χ1v) is 5.96. The summed E-state index contributed by atoms with van der Waals surface area (Å²) in [5.74, 6) is 0. The van der Waals surface area contributed by atoms with Crippen molar-refractivity contribution in [3.8, 4) is 0 Å². The van der Waals surface area contributed by atoms with Gasteiger partial charge in [0.1, 0.15) is 4.90 Å². The highest BCUT2D eigenvalue weighted by molar-refractivity contribution is 7.89. The molecule has 0 saturated carbocycles. The van der Waals surface area contributed by atoms with Crippen LogP contribution in [0.3, 0.4) is 0 Å². The Balaban J connectivity index is 3.02. The highest BCUT2D eigenvalue weighted by Crippen LogP contribution is 2.19. The number of hydrogen-bond acceptors (Lipinski definition) is 3. The maximum atomic E-state index is 11.2. The fourth-order valence-corrected chi connectivity index (χ4v) is 1.82. The Morgan fingerprint density at radius 1 is 1.47 bits per heavy atom. The molecule has 3 N–H and O–H groups in total. The average Bonchev–Trinajstić information content (AvgIpc) is 2.13. The summed E-state index contributed by atoms with van der Waals surface area (Å²) >= 11 is 0. The second kappa shape index (κ2) is 4.46. The van der Waals surface area contributed by atoms with Gasteiger partial charge in [0.25, 0.3) is 0 Å². The molecule has 0 spiro atoms. The summed E-state index contributed by atoms with van der Waals surface area (Å²) in [5, 5.41) is 8.03. The second-order valence-electron chi connectivity index (χ2n) is 3.35. The highest BCUT2D eigenvalue weighted by atomic mass is 32.2. The lowest BCUT2D eigenvalue weighted by atomic mass is 10.3. The van der Waals surface area contributed by atoms with Crippen molar-refractivity contribution >= 4 is 15.7 Å². The van der Waals surface area contributed by atoms with E-state index in [1.54, 1.807) is 18.2 Å². The van der Waals surface area contributed by atoms with E-state index in [2.05, 4.69) is 11.9 Å². The van der Waals surface area contributed by atoms with Gasteiger partial charge in [0.15, 0.2) is 0 Å². The summed E-state index contributed by atoms with van der Waals surface area (Å²) in [6.45, 7) is 6.09. The van der Waals surface area contributed by atoms with Crippen molar-refractivity contribution in [3.05, 3.63) is 36.4 Å². The third-order valence-electron chi connectivity index (χ3n) is 1.77. The molecule has 15 heavy (non-hydrogen) atoms. The van der Waals surface area contributed by atoms with E-state index < -0.39 is 10.0 Å². The highest BCUT2D eigenvalue weighted by Gasteiger charge is 2.12. The number of benzene rings is 1. The van der Waals surface area contributed by atoms with Crippen molar-refractivity contribution in [3.63, 3.8) is 0 Å². The summed E-state index contributed by atoms with van der Waals surface area (Å²) in [4.78, 5) is 0.103. The third kappa shape index (κ3) is 3.38. The lowest BCUT2D eigenvalue weighted by Crippen LogP contribution is -2.15. The molecule has 1 aromatic carbocycles. The standard InChI is InChI=1S/C10H14N2O2S/c1-8(2)7-12-9-5-3-4-6-10(9)15(11,13)14/h3-6,12H,1,7H2,2H3,(H2,11,13,14). The number of anilines is 1. The molecule has 0 atom stereocenters. The number of nitrogens with two attached hydrogens (primary N) is 1. The Kier molecular flexibility index (Phi) is 3.49. The molecule has 0 fully saturated rings. The van der Waals surface area contributed by atoms with Crippen molar-refractivity contribution < 1.29 is 8.42 Å². The largest absolute Gasteiger partial charge is 0.380 e. The monoisotopic (exact) mass is 226 g/mol. The van der Waals surface area contributed by atoms with Crippen molar-refractivity contribution in [1.29, 1.82) is 0 Å². The first-order valence-electron chi connectivity index (χ1n) is 4.41. The first kappa shape index (κ1) is 11.7. The van der Waals surface area contributed by atoms with Crippen molar-refractivity contribution in [2.24, 2.45) is 5.14 Å². The molecule has 0 heterocycles. The molecule has 82 valence electrons. The van der Waals surface area contributed by atoms with E-state index in [9.17, 15) is 8.42 Å². The molecule has 5 heteroatoms. The number of nitrogens with one attached hydrogen (secondary N) is 1. The van der Waals surface area contributed by atoms with Gasteiger partial charge in [0.05, 0.1) is 5.69 Å². The topological polar surface area (TPSA) is 72.2 Å². The number of rotatable bonds is 4. The first-order chi connectivity index (χ1) is 6.91. The van der Waals surface area contributed by atoms with Gasteiger partial charge in [-0.25, -0.2) is 13.6 Å². The molecule has 0 aliphatic heterocycles. The minimum absolute atomic E-state index is 0.103. The van der Waals surface area contributed by atoms with Crippen LogP contribution in [0, 0.1) is 0 Å². The van der Waals surface area contributed by atoms with Gasteiger partial charge in [-0.2, -0.15) is 0 Å². The molecule has 0 amide bonds. The van der Waals surface area contributed by atoms with E-state index in [-0.39, 0.29) is 4.90 Å². The fraction of sp³-hybridized carbons (Fsp3) is 0.200. The van der Waals surface area contributed by atoms with Gasteiger partial charge in [-0.05, 0) is 19.1 Å². The average molecular weight is 226 g/mol. The smallest absolute Gasteiger partial charge is 0.240 e. The van der Waals surface area contributed by atoms with Gasteiger partial charge in [-0.1, -0.05) is 24.3 Å². The van der Waals surface area contributed by atoms with E-state index in [0.29, 0.717) is 12.2 Å². The lowest BCUT2D eigenvalue weighted by Gasteiger charge is -2.09. The summed E-state index contributed by atoms with van der Waals surface area (Å²) < 4.78 is 22.4.